The number of carbonyl (C=O) groups excluding carboxylic acids is 4. The van der Waals surface area contributed by atoms with Gasteiger partial charge >= 0.3 is 11.9 Å². The molecule has 0 saturated carbocycles. The van der Waals surface area contributed by atoms with E-state index in [4.69, 9.17) is 9.84 Å². The number of fused-ring (bicyclic) bond motifs is 1. The predicted octanol–water partition coefficient (Wildman–Crippen LogP) is 9.62. The molecule has 10 nitrogen and oxygen atoms in total. The van der Waals surface area contributed by atoms with Crippen LogP contribution in [0.2, 0.25) is 0 Å². The molecule has 1 aliphatic rings. The van der Waals surface area contributed by atoms with Crippen LogP contribution in [0.5, 0.6) is 0 Å². The molecule has 5 aromatic rings. The minimum atomic E-state index is -0.934. The molecule has 0 saturated heterocycles. The van der Waals surface area contributed by atoms with Crippen LogP contribution in [0.25, 0.3) is 0 Å². The van der Waals surface area contributed by atoms with E-state index in [9.17, 15) is 24.0 Å². The van der Waals surface area contributed by atoms with E-state index in [1.807, 2.05) is 61.2 Å². The number of aryl methyl sites for hydroxylation is 3. The molecule has 11 heteroatoms. The van der Waals surface area contributed by atoms with Crippen LogP contribution in [0.15, 0.2) is 97.1 Å². The minimum absolute atomic E-state index is 0.0446. The molecule has 0 aliphatic heterocycles. The molecular weight excluding hydrogens is 751 g/mol. The van der Waals surface area contributed by atoms with E-state index in [-0.39, 0.29) is 35.9 Å². The molecule has 0 fully saturated rings. The Balaban J connectivity index is 1.13. The molecule has 0 spiro atoms. The zero-order chi connectivity index (χ0) is 41.2. The number of carbonyl (C=O) groups is 5. The SMILES string of the molecule is CCC(CC)N(Cc1cccc(C(=O)Nc2sc3c(c2C(=O)Nc2ccc(CCCc4ccc(C(=O)O)cc4)cc2)CCCC3)c1)C(=O)c1ccc(C(=O)OC)cc1. The van der Waals surface area contributed by atoms with Crippen molar-refractivity contribution in [2.24, 2.45) is 0 Å². The molecule has 1 heterocycles. The van der Waals surface area contributed by atoms with Crippen molar-refractivity contribution in [3.8, 4) is 0 Å². The Kier molecular flexibility index (Phi) is 13.9. The van der Waals surface area contributed by atoms with Gasteiger partial charge in [0.25, 0.3) is 17.7 Å². The zero-order valence-corrected chi connectivity index (χ0v) is 34.0. The van der Waals surface area contributed by atoms with Crippen molar-refractivity contribution >= 4 is 51.7 Å². The van der Waals surface area contributed by atoms with Gasteiger partial charge in [0.1, 0.15) is 5.00 Å². The number of hydrogen-bond donors (Lipinski definition) is 3. The fraction of sp³-hybridized carbons (Fsp3) is 0.298. The molecule has 1 aromatic heterocycles. The standard InChI is InChI=1S/C47H49N3O7S/c1-4-38(5-2)50(45(53)33-22-24-35(25-23-33)47(56)57-3)29-32-12-9-13-36(28-32)42(51)49-44-41(39-14-6-7-15-40(39)58-44)43(52)48-37-26-18-31(19-27-37)11-8-10-30-16-20-34(21-17-30)46(54)55/h9,12-13,16-28,38H,4-8,10-11,14-15,29H2,1-3H3,(H,48,52)(H,49,51)(H,54,55). The molecule has 0 radical (unpaired) electrons. The van der Waals surface area contributed by atoms with Gasteiger partial charge in [0.2, 0.25) is 0 Å². The first-order valence-electron chi connectivity index (χ1n) is 19.8. The summed E-state index contributed by atoms with van der Waals surface area (Å²) in [6, 6.07) is 28.4. The summed E-state index contributed by atoms with van der Waals surface area (Å²) in [4.78, 5) is 67.7. The van der Waals surface area contributed by atoms with Crippen LogP contribution in [0.4, 0.5) is 10.7 Å². The Morgan fingerprint density at radius 1 is 0.724 bits per heavy atom. The van der Waals surface area contributed by atoms with E-state index in [1.54, 1.807) is 54.6 Å². The number of rotatable bonds is 16. The average molecular weight is 800 g/mol. The van der Waals surface area contributed by atoms with Crippen LogP contribution in [-0.4, -0.2) is 52.8 Å². The third-order valence-electron chi connectivity index (χ3n) is 10.7. The maximum Gasteiger partial charge on any atom is 0.337 e. The van der Waals surface area contributed by atoms with Gasteiger partial charge in [0.15, 0.2) is 0 Å². The van der Waals surface area contributed by atoms with Crippen molar-refractivity contribution in [3.63, 3.8) is 0 Å². The monoisotopic (exact) mass is 799 g/mol. The molecule has 3 amide bonds. The molecule has 4 aromatic carbocycles. The van der Waals surface area contributed by atoms with E-state index in [0.717, 1.165) is 84.9 Å². The number of benzene rings is 4. The third-order valence-corrected chi connectivity index (χ3v) is 11.9. The number of ether oxygens (including phenoxy) is 1. The Hall–Kier alpha value is -6.07. The summed E-state index contributed by atoms with van der Waals surface area (Å²) in [6.07, 6.45) is 7.67. The van der Waals surface area contributed by atoms with Crippen molar-refractivity contribution in [3.05, 3.63) is 152 Å². The molecule has 58 heavy (non-hydrogen) atoms. The van der Waals surface area contributed by atoms with Crippen molar-refractivity contribution in [2.75, 3.05) is 17.7 Å². The number of amides is 3. The van der Waals surface area contributed by atoms with Crippen LogP contribution in [0.1, 0.15) is 125 Å². The highest BCUT2D eigenvalue weighted by Gasteiger charge is 2.28. The highest BCUT2D eigenvalue weighted by atomic mass is 32.1. The molecular formula is C47H49N3O7S. The molecule has 0 bridgehead atoms. The summed E-state index contributed by atoms with van der Waals surface area (Å²) in [6.45, 7) is 4.37. The fourth-order valence-corrected chi connectivity index (χ4v) is 8.75. The first-order chi connectivity index (χ1) is 28.1. The van der Waals surface area contributed by atoms with Gasteiger partial charge in [-0.2, -0.15) is 0 Å². The Labute approximate surface area is 343 Å². The quantitative estimate of drug-likeness (QED) is 0.0844. The van der Waals surface area contributed by atoms with E-state index < -0.39 is 11.9 Å². The normalized spacial score (nSPS) is 12.1. The molecule has 6 rings (SSSR count). The van der Waals surface area contributed by atoms with Crippen LogP contribution >= 0.6 is 11.3 Å². The third kappa shape index (κ3) is 10.1. The molecule has 0 atom stereocenters. The van der Waals surface area contributed by atoms with Gasteiger partial charge in [-0.25, -0.2) is 9.59 Å². The molecule has 0 unspecified atom stereocenters. The van der Waals surface area contributed by atoms with E-state index in [0.29, 0.717) is 32.9 Å². The maximum absolute atomic E-state index is 14.0. The summed E-state index contributed by atoms with van der Waals surface area (Å²) in [5.41, 5.74) is 6.68. The van der Waals surface area contributed by atoms with Crippen LogP contribution in [-0.2, 0) is 37.0 Å². The summed E-state index contributed by atoms with van der Waals surface area (Å²) in [7, 11) is 1.31. The summed E-state index contributed by atoms with van der Waals surface area (Å²) >= 11 is 1.46. The van der Waals surface area contributed by atoms with E-state index in [2.05, 4.69) is 10.6 Å². The molecule has 3 N–H and O–H groups in total. The van der Waals surface area contributed by atoms with Crippen molar-refractivity contribution in [1.82, 2.24) is 4.90 Å². The lowest BCUT2D eigenvalue weighted by Gasteiger charge is -2.31. The van der Waals surface area contributed by atoms with Gasteiger partial charge < -0.3 is 25.4 Å². The fourth-order valence-electron chi connectivity index (χ4n) is 7.46. The highest BCUT2D eigenvalue weighted by Crippen LogP contribution is 2.39. The van der Waals surface area contributed by atoms with Crippen LogP contribution < -0.4 is 10.6 Å². The highest BCUT2D eigenvalue weighted by molar-refractivity contribution is 7.17. The lowest BCUT2D eigenvalue weighted by Crippen LogP contribution is -2.39. The number of anilines is 2. The van der Waals surface area contributed by atoms with Gasteiger partial charge in [0.05, 0.1) is 23.8 Å². The second kappa shape index (κ2) is 19.4. The largest absolute Gasteiger partial charge is 0.478 e. The van der Waals surface area contributed by atoms with Crippen LogP contribution in [0, 0.1) is 0 Å². The lowest BCUT2D eigenvalue weighted by atomic mass is 9.95. The van der Waals surface area contributed by atoms with Gasteiger partial charge in [-0.15, -0.1) is 11.3 Å². The van der Waals surface area contributed by atoms with Gasteiger partial charge in [-0.3, -0.25) is 14.4 Å². The number of nitrogens with one attached hydrogen (secondary N) is 2. The second-order valence-electron chi connectivity index (χ2n) is 14.5. The van der Waals surface area contributed by atoms with Crippen molar-refractivity contribution in [1.29, 1.82) is 0 Å². The number of aromatic carboxylic acids is 1. The smallest absolute Gasteiger partial charge is 0.337 e. The number of thiophene rings is 1. The van der Waals surface area contributed by atoms with Crippen LogP contribution in [0.3, 0.4) is 0 Å². The minimum Gasteiger partial charge on any atom is -0.478 e. The van der Waals surface area contributed by atoms with Crippen molar-refractivity contribution in [2.45, 2.75) is 84.2 Å². The zero-order valence-electron chi connectivity index (χ0n) is 33.1. The number of esters is 1. The van der Waals surface area contributed by atoms with Gasteiger partial charge in [0, 0.05) is 34.3 Å². The first kappa shape index (κ1) is 41.6. The Morgan fingerprint density at radius 2 is 1.34 bits per heavy atom. The predicted molar refractivity (Wildman–Crippen MR) is 227 cm³/mol. The Morgan fingerprint density at radius 3 is 1.98 bits per heavy atom. The first-order valence-corrected chi connectivity index (χ1v) is 20.7. The summed E-state index contributed by atoms with van der Waals surface area (Å²) in [5.74, 6) is -2.18. The van der Waals surface area contributed by atoms with E-state index in [1.165, 1.54) is 18.4 Å². The number of carboxylic acids is 1. The number of hydrogen-bond acceptors (Lipinski definition) is 7. The average Bonchev–Trinajstić information content (AvgIpc) is 3.62. The summed E-state index contributed by atoms with van der Waals surface area (Å²) in [5, 5.41) is 15.8. The van der Waals surface area contributed by atoms with Gasteiger partial charge in [-0.1, -0.05) is 50.2 Å². The van der Waals surface area contributed by atoms with E-state index >= 15 is 0 Å². The molecule has 1 aliphatic carbocycles. The van der Waals surface area contributed by atoms with Gasteiger partial charge in [-0.05, 0) is 141 Å². The molecule has 300 valence electrons. The second-order valence-corrected chi connectivity index (χ2v) is 15.7. The Bertz CT molecular complexity index is 2260. The maximum atomic E-state index is 14.0. The number of nitrogens with zero attached hydrogens (tertiary/aromatic N) is 1. The number of carboxylic acid groups (broad SMARTS) is 1. The lowest BCUT2D eigenvalue weighted by molar-refractivity contribution is 0.0597. The number of methoxy groups -OCH3 is 1. The summed E-state index contributed by atoms with van der Waals surface area (Å²) < 4.78 is 4.80. The van der Waals surface area contributed by atoms with Crippen molar-refractivity contribution < 1.29 is 33.8 Å². The topological polar surface area (TPSA) is 142 Å².